The van der Waals surface area contributed by atoms with Gasteiger partial charge in [-0.1, -0.05) is 18.3 Å². The van der Waals surface area contributed by atoms with Gasteiger partial charge in [-0.2, -0.15) is 11.8 Å². The normalized spacial score (nSPS) is 20.1. The largest absolute Gasteiger partial charge is 0.382 e. The van der Waals surface area contributed by atoms with Crippen molar-refractivity contribution in [2.24, 2.45) is 5.73 Å². The van der Waals surface area contributed by atoms with Crippen LogP contribution in [-0.2, 0) is 0 Å². The molecule has 0 saturated carbocycles. The van der Waals surface area contributed by atoms with Gasteiger partial charge in [-0.3, -0.25) is 4.79 Å². The van der Waals surface area contributed by atoms with E-state index >= 15 is 0 Å². The van der Waals surface area contributed by atoms with Crippen molar-refractivity contribution in [1.82, 2.24) is 10.3 Å². The molecule has 20 heavy (non-hydrogen) atoms. The van der Waals surface area contributed by atoms with Crippen LogP contribution in [0.1, 0.15) is 23.0 Å². The van der Waals surface area contributed by atoms with Crippen LogP contribution in [0.2, 0.25) is 0 Å². The summed E-state index contributed by atoms with van der Waals surface area (Å²) in [5.74, 6) is 0.162. The molecule has 1 aliphatic rings. The van der Waals surface area contributed by atoms with Crippen LogP contribution >= 0.6 is 23.1 Å². The zero-order valence-corrected chi connectivity index (χ0v) is 13.4. The summed E-state index contributed by atoms with van der Waals surface area (Å²) < 4.78 is 0. The highest BCUT2D eigenvalue weighted by Crippen LogP contribution is 2.30. The fourth-order valence-electron chi connectivity index (χ4n) is 1.98. The van der Waals surface area contributed by atoms with Gasteiger partial charge in [0, 0.05) is 30.9 Å². The van der Waals surface area contributed by atoms with Crippen LogP contribution in [0.25, 0.3) is 0 Å². The lowest BCUT2D eigenvalue weighted by atomic mass is 10.3. The third-order valence-electron chi connectivity index (χ3n) is 3.30. The Bertz CT molecular complexity index is 478. The molecule has 0 radical (unpaired) electrons. The quantitative estimate of drug-likeness (QED) is 0.741. The van der Waals surface area contributed by atoms with Gasteiger partial charge < -0.3 is 21.7 Å². The lowest BCUT2D eigenvalue weighted by molar-refractivity contribution is 0.0959. The van der Waals surface area contributed by atoms with Crippen LogP contribution in [0.3, 0.4) is 0 Å². The van der Waals surface area contributed by atoms with Gasteiger partial charge in [0.15, 0.2) is 5.13 Å². The van der Waals surface area contributed by atoms with Crippen LogP contribution in [0.5, 0.6) is 0 Å². The average Bonchev–Trinajstić information content (AvgIpc) is 3.01. The Morgan fingerprint density at radius 1 is 1.70 bits per heavy atom. The molecule has 8 heteroatoms. The molecule has 1 fully saturated rings. The number of nitrogens with one attached hydrogen (secondary N) is 1. The van der Waals surface area contributed by atoms with Crippen molar-refractivity contribution in [3.63, 3.8) is 0 Å². The van der Waals surface area contributed by atoms with Crippen molar-refractivity contribution in [2.45, 2.75) is 24.6 Å². The van der Waals surface area contributed by atoms with Crippen molar-refractivity contribution in [1.29, 1.82) is 0 Å². The molecule has 0 bridgehead atoms. The molecule has 1 aromatic heterocycles. The van der Waals surface area contributed by atoms with Crippen LogP contribution in [0, 0.1) is 0 Å². The molecule has 1 aromatic rings. The van der Waals surface area contributed by atoms with Crippen LogP contribution in [0.4, 0.5) is 10.9 Å². The van der Waals surface area contributed by atoms with E-state index in [1.54, 1.807) is 11.8 Å². The number of anilines is 2. The van der Waals surface area contributed by atoms with Crippen molar-refractivity contribution >= 4 is 40.0 Å². The van der Waals surface area contributed by atoms with Crippen molar-refractivity contribution in [2.75, 3.05) is 36.5 Å². The molecule has 5 N–H and O–H groups in total. The van der Waals surface area contributed by atoms with Crippen molar-refractivity contribution < 1.29 is 4.79 Å². The number of nitrogens with two attached hydrogens (primary N) is 2. The minimum atomic E-state index is -0.143. The van der Waals surface area contributed by atoms with E-state index in [0.717, 1.165) is 24.6 Å². The maximum absolute atomic E-state index is 12.1. The third kappa shape index (κ3) is 3.56. The fraction of sp³-hybridized carbons (Fsp3) is 0.667. The number of amides is 1. The second kappa shape index (κ2) is 6.64. The number of hydrogen-bond donors (Lipinski definition) is 3. The molecule has 0 aromatic carbocycles. The fourth-order valence-corrected chi connectivity index (χ4v) is 3.17. The first-order valence-corrected chi connectivity index (χ1v) is 8.69. The van der Waals surface area contributed by atoms with Crippen LogP contribution in [0.15, 0.2) is 0 Å². The summed E-state index contributed by atoms with van der Waals surface area (Å²) in [7, 11) is 0. The number of thiazole rings is 1. The van der Waals surface area contributed by atoms with E-state index in [2.05, 4.69) is 22.1 Å². The Kier molecular flexibility index (Phi) is 5.11. The highest BCUT2D eigenvalue weighted by atomic mass is 32.2. The van der Waals surface area contributed by atoms with E-state index in [1.807, 2.05) is 6.26 Å². The van der Waals surface area contributed by atoms with Gasteiger partial charge in [0.1, 0.15) is 10.7 Å². The maximum Gasteiger partial charge on any atom is 0.265 e. The van der Waals surface area contributed by atoms with E-state index < -0.39 is 0 Å². The predicted octanol–water partition coefficient (Wildman–Crippen LogP) is 0.744. The Morgan fingerprint density at radius 3 is 3.05 bits per heavy atom. The first-order valence-electron chi connectivity index (χ1n) is 6.59. The SMILES string of the molecule is CSC(C)CNC(=O)c1sc(N2CCC(N)C2)nc1N. The average molecular weight is 315 g/mol. The number of thioether (sulfide) groups is 1. The molecule has 0 aliphatic carbocycles. The molecule has 0 spiro atoms. The summed E-state index contributed by atoms with van der Waals surface area (Å²) in [4.78, 5) is 19.0. The molecule has 2 rings (SSSR count). The first kappa shape index (κ1) is 15.4. The standard InChI is InChI=1S/C12H21N5OS2/c1-7(19-2)5-15-11(18)9-10(14)16-12(20-9)17-4-3-8(13)6-17/h7-8H,3-6,13-14H2,1-2H3,(H,15,18). The summed E-state index contributed by atoms with van der Waals surface area (Å²) in [5, 5.41) is 4.06. The summed E-state index contributed by atoms with van der Waals surface area (Å²) in [6.45, 7) is 4.34. The number of hydrogen-bond acceptors (Lipinski definition) is 7. The summed E-state index contributed by atoms with van der Waals surface area (Å²) in [6, 6.07) is 0.180. The van der Waals surface area contributed by atoms with Crippen LogP contribution < -0.4 is 21.7 Å². The van der Waals surface area contributed by atoms with Crippen molar-refractivity contribution in [3.05, 3.63) is 4.88 Å². The first-order chi connectivity index (χ1) is 9.51. The van der Waals surface area contributed by atoms with Gasteiger partial charge in [0.2, 0.25) is 0 Å². The van der Waals surface area contributed by atoms with E-state index in [0.29, 0.717) is 22.5 Å². The highest BCUT2D eigenvalue weighted by molar-refractivity contribution is 7.99. The molecule has 2 heterocycles. The maximum atomic E-state index is 12.1. The molecule has 1 saturated heterocycles. The number of nitrogens with zero attached hydrogens (tertiary/aromatic N) is 2. The second-order valence-electron chi connectivity index (χ2n) is 4.96. The molecular weight excluding hydrogens is 294 g/mol. The van der Waals surface area contributed by atoms with E-state index in [-0.39, 0.29) is 11.9 Å². The van der Waals surface area contributed by atoms with Crippen LogP contribution in [-0.4, -0.2) is 48.1 Å². The molecule has 112 valence electrons. The van der Waals surface area contributed by atoms with Gasteiger partial charge in [-0.25, -0.2) is 4.98 Å². The minimum Gasteiger partial charge on any atom is -0.382 e. The Morgan fingerprint density at radius 2 is 2.45 bits per heavy atom. The number of nitrogen functional groups attached to an aromatic ring is 1. The van der Waals surface area contributed by atoms with Gasteiger partial charge in [-0.15, -0.1) is 0 Å². The Hall–Kier alpha value is -0.990. The zero-order valence-electron chi connectivity index (χ0n) is 11.8. The van der Waals surface area contributed by atoms with E-state index in [1.165, 1.54) is 11.3 Å². The smallest absolute Gasteiger partial charge is 0.265 e. The summed E-state index contributed by atoms with van der Waals surface area (Å²) >= 11 is 3.05. The lowest BCUT2D eigenvalue weighted by Crippen LogP contribution is -2.29. The molecule has 2 atom stereocenters. The van der Waals surface area contributed by atoms with Gasteiger partial charge in [0.05, 0.1) is 0 Å². The van der Waals surface area contributed by atoms with Gasteiger partial charge in [0.25, 0.3) is 5.91 Å². The Labute approximate surface area is 127 Å². The van der Waals surface area contributed by atoms with E-state index in [9.17, 15) is 4.79 Å². The minimum absolute atomic E-state index is 0.143. The monoisotopic (exact) mass is 315 g/mol. The summed E-state index contributed by atoms with van der Waals surface area (Å²) in [5.41, 5.74) is 11.7. The number of rotatable bonds is 5. The highest BCUT2D eigenvalue weighted by Gasteiger charge is 2.24. The topological polar surface area (TPSA) is 97.3 Å². The van der Waals surface area contributed by atoms with Gasteiger partial charge >= 0.3 is 0 Å². The third-order valence-corrected chi connectivity index (χ3v) is 5.40. The molecule has 6 nitrogen and oxygen atoms in total. The lowest BCUT2D eigenvalue weighted by Gasteiger charge is -2.12. The Balaban J connectivity index is 2.01. The second-order valence-corrected chi connectivity index (χ2v) is 7.22. The van der Waals surface area contributed by atoms with E-state index in [4.69, 9.17) is 11.5 Å². The predicted molar refractivity (Wildman–Crippen MR) is 86.6 cm³/mol. The van der Waals surface area contributed by atoms with Crippen molar-refractivity contribution in [3.8, 4) is 0 Å². The molecule has 1 amide bonds. The zero-order chi connectivity index (χ0) is 14.7. The molecule has 2 unspecified atom stereocenters. The number of aromatic nitrogens is 1. The molecular formula is C12H21N5OS2. The van der Waals surface area contributed by atoms with Gasteiger partial charge in [-0.05, 0) is 12.7 Å². The number of carbonyl (C=O) groups excluding carboxylic acids is 1. The summed E-state index contributed by atoms with van der Waals surface area (Å²) in [6.07, 6.45) is 2.97. The molecule has 1 aliphatic heterocycles. The number of carbonyl (C=O) groups is 1.